The monoisotopic (exact) mass is 332 g/mol. The third-order valence-electron chi connectivity index (χ3n) is 8.59. The molecular weight excluding hydrogens is 300 g/mol. The van der Waals surface area contributed by atoms with Gasteiger partial charge in [-0.15, -0.1) is 0 Å². The molecule has 3 saturated carbocycles. The number of hydrogen-bond acceptors (Lipinski definition) is 3. The van der Waals surface area contributed by atoms with E-state index in [1.54, 1.807) is 6.92 Å². The van der Waals surface area contributed by atoms with Crippen molar-refractivity contribution in [2.45, 2.75) is 77.9 Å². The number of carbonyl (C=O) groups excluding carboxylic acids is 1. The fraction of sp³-hybridized carbons (Fsp3) is 0.857. The van der Waals surface area contributed by atoms with Crippen LogP contribution in [-0.2, 0) is 4.79 Å². The lowest BCUT2D eigenvalue weighted by Gasteiger charge is -2.59. The highest BCUT2D eigenvalue weighted by Crippen LogP contribution is 2.66. The molecular formula is C21H32O3. The summed E-state index contributed by atoms with van der Waals surface area (Å²) in [5.74, 6) is 2.29. The van der Waals surface area contributed by atoms with E-state index in [2.05, 4.69) is 13.8 Å². The van der Waals surface area contributed by atoms with Crippen molar-refractivity contribution in [1.82, 2.24) is 0 Å². The topological polar surface area (TPSA) is 57.5 Å². The molecule has 0 amide bonds. The first kappa shape index (κ1) is 16.8. The molecule has 134 valence electrons. The number of ketones is 1. The van der Waals surface area contributed by atoms with Crippen LogP contribution in [0.15, 0.2) is 11.6 Å². The zero-order valence-electron chi connectivity index (χ0n) is 15.3. The summed E-state index contributed by atoms with van der Waals surface area (Å²) in [6.07, 6.45) is 8.26. The molecule has 4 aliphatic rings. The van der Waals surface area contributed by atoms with Gasteiger partial charge in [0, 0.05) is 5.92 Å². The van der Waals surface area contributed by atoms with Crippen molar-refractivity contribution in [1.29, 1.82) is 0 Å². The summed E-state index contributed by atoms with van der Waals surface area (Å²) in [4.78, 5) is 12.2. The molecule has 0 aromatic rings. The molecule has 0 aliphatic heterocycles. The van der Waals surface area contributed by atoms with Crippen LogP contribution in [0.3, 0.4) is 0 Å². The van der Waals surface area contributed by atoms with Gasteiger partial charge in [-0.3, -0.25) is 4.79 Å². The Balaban J connectivity index is 1.70. The van der Waals surface area contributed by atoms with E-state index in [0.29, 0.717) is 23.5 Å². The standard InChI is InChI=1S/C21H32O3/c1-12(22)15-4-5-16-14-11-19(24)18-10-13(23)6-8-21(18,3)17(14)7-9-20(15,16)2/h10,13-17,19,23-24H,4-9,11H2,1-3H3/t13?,14-,15+,16-,17-,19?,20+,21+/m0/s1. The molecule has 0 heterocycles. The largest absolute Gasteiger partial charge is 0.389 e. The Morgan fingerprint density at radius 3 is 2.54 bits per heavy atom. The molecule has 4 aliphatic carbocycles. The Bertz CT molecular complexity index is 582. The number of hydrogen-bond donors (Lipinski definition) is 2. The van der Waals surface area contributed by atoms with Gasteiger partial charge in [-0.05, 0) is 86.0 Å². The van der Waals surface area contributed by atoms with Crippen LogP contribution in [0.2, 0.25) is 0 Å². The van der Waals surface area contributed by atoms with Gasteiger partial charge in [-0.1, -0.05) is 19.9 Å². The van der Waals surface area contributed by atoms with Crippen LogP contribution in [0.1, 0.15) is 65.7 Å². The van der Waals surface area contributed by atoms with Crippen molar-refractivity contribution < 1.29 is 15.0 Å². The second-order valence-corrected chi connectivity index (χ2v) is 9.56. The fourth-order valence-corrected chi connectivity index (χ4v) is 7.42. The Hall–Kier alpha value is -0.670. The van der Waals surface area contributed by atoms with E-state index in [4.69, 9.17) is 0 Å². The van der Waals surface area contributed by atoms with Gasteiger partial charge in [0.25, 0.3) is 0 Å². The highest BCUT2D eigenvalue weighted by atomic mass is 16.3. The zero-order valence-corrected chi connectivity index (χ0v) is 15.3. The van der Waals surface area contributed by atoms with Crippen LogP contribution in [0, 0.1) is 34.5 Å². The van der Waals surface area contributed by atoms with Gasteiger partial charge >= 0.3 is 0 Å². The minimum Gasteiger partial charge on any atom is -0.389 e. The van der Waals surface area contributed by atoms with E-state index < -0.39 is 6.10 Å². The minimum atomic E-state index is -0.412. The van der Waals surface area contributed by atoms with Crippen LogP contribution < -0.4 is 0 Å². The molecule has 2 N–H and O–H groups in total. The molecule has 3 heteroatoms. The SMILES string of the molecule is CC(=O)[C@H]1CC[C@H]2[C@@H]3CC(O)C4=CC(O)CC[C@]4(C)[C@H]3CC[C@]12C. The Kier molecular flexibility index (Phi) is 3.78. The number of rotatable bonds is 1. The van der Waals surface area contributed by atoms with Crippen molar-refractivity contribution in [3.05, 3.63) is 11.6 Å². The van der Waals surface area contributed by atoms with Gasteiger partial charge in [0.1, 0.15) is 5.78 Å². The van der Waals surface area contributed by atoms with Crippen LogP contribution in [-0.4, -0.2) is 28.2 Å². The summed E-state index contributed by atoms with van der Waals surface area (Å²) in [6, 6.07) is 0. The molecule has 2 unspecified atom stereocenters. The van der Waals surface area contributed by atoms with Gasteiger partial charge < -0.3 is 10.2 Å². The molecule has 0 radical (unpaired) electrons. The highest BCUT2D eigenvalue weighted by Gasteiger charge is 2.61. The predicted octanol–water partition coefficient (Wildman–Crippen LogP) is 3.49. The molecule has 0 aromatic carbocycles. The number of aliphatic hydroxyl groups is 2. The summed E-state index contributed by atoms with van der Waals surface area (Å²) in [5, 5.41) is 20.9. The third-order valence-corrected chi connectivity index (χ3v) is 8.59. The molecule has 0 aromatic heterocycles. The maximum absolute atomic E-state index is 12.2. The first-order valence-electron chi connectivity index (χ1n) is 9.86. The summed E-state index contributed by atoms with van der Waals surface area (Å²) in [6.45, 7) is 6.44. The number of carbonyl (C=O) groups is 1. The summed E-state index contributed by atoms with van der Waals surface area (Å²) in [5.41, 5.74) is 1.28. The second-order valence-electron chi connectivity index (χ2n) is 9.56. The van der Waals surface area contributed by atoms with E-state index in [0.717, 1.165) is 50.5 Å². The lowest BCUT2D eigenvalue weighted by atomic mass is 9.46. The first-order valence-corrected chi connectivity index (χ1v) is 9.86. The van der Waals surface area contributed by atoms with E-state index >= 15 is 0 Å². The Labute approximate surface area is 145 Å². The maximum Gasteiger partial charge on any atom is 0.133 e. The van der Waals surface area contributed by atoms with Gasteiger partial charge in [0.05, 0.1) is 12.2 Å². The quantitative estimate of drug-likeness (QED) is 0.723. The lowest BCUT2D eigenvalue weighted by molar-refractivity contribution is -0.129. The summed E-state index contributed by atoms with van der Waals surface area (Å²) >= 11 is 0. The van der Waals surface area contributed by atoms with Crippen molar-refractivity contribution >= 4 is 5.78 Å². The molecule has 4 rings (SSSR count). The number of aliphatic hydroxyl groups excluding tert-OH is 2. The van der Waals surface area contributed by atoms with E-state index in [-0.39, 0.29) is 22.9 Å². The van der Waals surface area contributed by atoms with E-state index in [1.807, 2.05) is 6.08 Å². The number of fused-ring (bicyclic) bond motifs is 5. The minimum absolute atomic E-state index is 0.0389. The van der Waals surface area contributed by atoms with Gasteiger partial charge in [-0.2, -0.15) is 0 Å². The Morgan fingerprint density at radius 1 is 1.08 bits per heavy atom. The average Bonchev–Trinajstić information content (AvgIpc) is 2.87. The number of Topliss-reactive ketones (excluding diaryl/α,β-unsaturated/α-hetero) is 1. The molecule has 0 bridgehead atoms. The van der Waals surface area contributed by atoms with Gasteiger partial charge in [0.2, 0.25) is 0 Å². The molecule has 3 nitrogen and oxygen atoms in total. The van der Waals surface area contributed by atoms with Gasteiger partial charge in [0.15, 0.2) is 0 Å². The average molecular weight is 332 g/mol. The normalized spacial score (nSPS) is 53.6. The molecule has 0 saturated heterocycles. The second kappa shape index (κ2) is 5.41. The van der Waals surface area contributed by atoms with Crippen molar-refractivity contribution in [2.24, 2.45) is 34.5 Å². The molecule has 3 fully saturated rings. The van der Waals surface area contributed by atoms with Crippen molar-refractivity contribution in [3.8, 4) is 0 Å². The first-order chi connectivity index (χ1) is 11.3. The lowest BCUT2D eigenvalue weighted by Crippen LogP contribution is -2.54. The highest BCUT2D eigenvalue weighted by molar-refractivity contribution is 5.79. The maximum atomic E-state index is 12.2. The Morgan fingerprint density at radius 2 is 1.83 bits per heavy atom. The van der Waals surface area contributed by atoms with Crippen molar-refractivity contribution in [2.75, 3.05) is 0 Å². The van der Waals surface area contributed by atoms with Crippen LogP contribution >= 0.6 is 0 Å². The summed E-state index contributed by atoms with van der Waals surface area (Å²) in [7, 11) is 0. The fourth-order valence-electron chi connectivity index (χ4n) is 7.42. The van der Waals surface area contributed by atoms with Gasteiger partial charge in [-0.25, -0.2) is 0 Å². The van der Waals surface area contributed by atoms with E-state index in [1.165, 1.54) is 0 Å². The van der Waals surface area contributed by atoms with Crippen LogP contribution in [0.4, 0.5) is 0 Å². The molecule has 8 atom stereocenters. The van der Waals surface area contributed by atoms with Crippen LogP contribution in [0.25, 0.3) is 0 Å². The zero-order chi connectivity index (χ0) is 17.3. The molecule has 24 heavy (non-hydrogen) atoms. The third kappa shape index (κ3) is 2.13. The van der Waals surface area contributed by atoms with Crippen molar-refractivity contribution in [3.63, 3.8) is 0 Å². The summed E-state index contributed by atoms with van der Waals surface area (Å²) < 4.78 is 0. The molecule has 0 spiro atoms. The van der Waals surface area contributed by atoms with Crippen LogP contribution in [0.5, 0.6) is 0 Å². The predicted molar refractivity (Wildman–Crippen MR) is 93.3 cm³/mol. The van der Waals surface area contributed by atoms with E-state index in [9.17, 15) is 15.0 Å². The smallest absolute Gasteiger partial charge is 0.133 e.